The number of nitrogens with zero attached hydrogens (tertiary/aromatic N) is 2. The van der Waals surface area contributed by atoms with Crippen molar-refractivity contribution in [2.45, 2.75) is 26.4 Å². The molecule has 31 heavy (non-hydrogen) atoms. The van der Waals surface area contributed by atoms with E-state index in [0.717, 1.165) is 27.8 Å². The van der Waals surface area contributed by atoms with Gasteiger partial charge in [-0.3, -0.25) is 24.6 Å². The van der Waals surface area contributed by atoms with Crippen molar-refractivity contribution in [2.24, 2.45) is 5.73 Å². The van der Waals surface area contributed by atoms with Gasteiger partial charge < -0.3 is 14.7 Å². The molecule has 0 saturated carbocycles. The third-order valence-corrected chi connectivity index (χ3v) is 5.10. The number of barbiturate groups is 1. The van der Waals surface area contributed by atoms with Gasteiger partial charge in [0.2, 0.25) is 5.91 Å². The molecule has 3 N–H and O–H groups in total. The first kappa shape index (κ1) is 20.1. The second kappa shape index (κ2) is 7.94. The number of carbonyl (C=O) groups excluding carboxylic acids is 4. The summed E-state index contributed by atoms with van der Waals surface area (Å²) in [7, 11) is 0. The van der Waals surface area contributed by atoms with E-state index in [9.17, 15) is 19.2 Å². The maximum Gasteiger partial charge on any atom is 0.331 e. The van der Waals surface area contributed by atoms with Crippen molar-refractivity contribution < 1.29 is 23.6 Å². The number of imide groups is 2. The van der Waals surface area contributed by atoms with Crippen LogP contribution in [0.4, 0.5) is 4.79 Å². The van der Waals surface area contributed by atoms with E-state index < -0.39 is 23.8 Å². The van der Waals surface area contributed by atoms with Crippen LogP contribution < -0.4 is 11.1 Å². The van der Waals surface area contributed by atoms with E-state index in [4.69, 9.17) is 10.2 Å². The van der Waals surface area contributed by atoms with Crippen molar-refractivity contribution in [3.8, 4) is 0 Å². The molecule has 9 heteroatoms. The van der Waals surface area contributed by atoms with E-state index in [-0.39, 0.29) is 18.7 Å². The lowest BCUT2D eigenvalue weighted by Gasteiger charge is -2.25. The van der Waals surface area contributed by atoms with Crippen molar-refractivity contribution in [2.75, 3.05) is 0 Å². The molecule has 0 bridgehead atoms. The highest BCUT2D eigenvalue weighted by molar-refractivity contribution is 6.31. The molecule has 1 aliphatic heterocycles. The Balaban J connectivity index is 1.79. The summed E-state index contributed by atoms with van der Waals surface area (Å²) in [4.78, 5) is 50.1. The molecule has 2 aromatic heterocycles. The number of aromatic nitrogens is 1. The standard InChI is InChI=1S/C22H20N4O5/c1-2-13-5-3-7-16-14(10-25(19(13)16)12-18(23)27)9-17-20(28)24-22(30)26(21(17)29)11-15-6-4-8-31-15/h3-10H,2,11-12H2,1H3,(H2,23,27)(H,24,28,30)/b17-9+. The number of para-hydroxylation sites is 1. The molecule has 1 saturated heterocycles. The first-order chi connectivity index (χ1) is 14.9. The number of hydrogen-bond donors (Lipinski definition) is 2. The Morgan fingerprint density at radius 2 is 2.00 bits per heavy atom. The quantitative estimate of drug-likeness (QED) is 0.465. The molecular weight excluding hydrogens is 400 g/mol. The molecule has 5 amide bonds. The maximum atomic E-state index is 13.0. The summed E-state index contributed by atoms with van der Waals surface area (Å²) in [6, 6.07) is 8.11. The zero-order valence-electron chi connectivity index (χ0n) is 16.8. The molecule has 4 rings (SSSR count). The van der Waals surface area contributed by atoms with Crippen molar-refractivity contribution in [3.63, 3.8) is 0 Å². The van der Waals surface area contributed by atoms with E-state index >= 15 is 0 Å². The number of benzene rings is 1. The fourth-order valence-corrected chi connectivity index (χ4v) is 3.71. The molecule has 1 aliphatic rings. The highest BCUT2D eigenvalue weighted by Crippen LogP contribution is 2.28. The Morgan fingerprint density at radius 1 is 1.19 bits per heavy atom. The summed E-state index contributed by atoms with van der Waals surface area (Å²) in [6.45, 7) is 1.84. The molecule has 0 aliphatic carbocycles. The van der Waals surface area contributed by atoms with Gasteiger partial charge >= 0.3 is 6.03 Å². The highest BCUT2D eigenvalue weighted by Gasteiger charge is 2.36. The average molecular weight is 420 g/mol. The first-order valence-electron chi connectivity index (χ1n) is 9.69. The number of amides is 5. The van der Waals surface area contributed by atoms with Gasteiger partial charge in [-0.25, -0.2) is 4.79 Å². The van der Waals surface area contributed by atoms with E-state index in [1.54, 1.807) is 22.9 Å². The third kappa shape index (κ3) is 3.73. The van der Waals surface area contributed by atoms with Gasteiger partial charge in [0.25, 0.3) is 11.8 Å². The number of urea groups is 1. The summed E-state index contributed by atoms with van der Waals surface area (Å²) in [6.07, 6.45) is 5.26. The Kier molecular flexibility index (Phi) is 5.16. The molecule has 158 valence electrons. The van der Waals surface area contributed by atoms with Gasteiger partial charge in [0.15, 0.2) is 0 Å². The minimum atomic E-state index is -0.812. The van der Waals surface area contributed by atoms with Crippen LogP contribution in [0, 0.1) is 0 Å². The minimum Gasteiger partial charge on any atom is -0.467 e. The number of rotatable bonds is 6. The first-order valence-corrected chi connectivity index (χ1v) is 9.69. The molecule has 0 radical (unpaired) electrons. The monoisotopic (exact) mass is 420 g/mol. The van der Waals surface area contributed by atoms with Gasteiger partial charge in [0.05, 0.1) is 18.3 Å². The topological polar surface area (TPSA) is 128 Å². The molecule has 3 aromatic rings. The van der Waals surface area contributed by atoms with Crippen LogP contribution >= 0.6 is 0 Å². The molecule has 1 fully saturated rings. The van der Waals surface area contributed by atoms with E-state index in [1.807, 2.05) is 25.1 Å². The number of nitrogens with one attached hydrogen (secondary N) is 1. The van der Waals surface area contributed by atoms with Crippen molar-refractivity contribution in [3.05, 3.63) is 65.3 Å². The van der Waals surface area contributed by atoms with Crippen molar-refractivity contribution in [1.29, 1.82) is 0 Å². The molecule has 1 aromatic carbocycles. The van der Waals surface area contributed by atoms with Crippen LogP contribution in [0.1, 0.15) is 23.8 Å². The van der Waals surface area contributed by atoms with Crippen LogP contribution in [0.25, 0.3) is 17.0 Å². The van der Waals surface area contributed by atoms with Gasteiger partial charge in [0.1, 0.15) is 17.9 Å². The summed E-state index contributed by atoms with van der Waals surface area (Å²) >= 11 is 0. The number of aryl methyl sites for hydroxylation is 1. The molecule has 9 nitrogen and oxygen atoms in total. The van der Waals surface area contributed by atoms with Crippen LogP contribution in [0.5, 0.6) is 0 Å². The number of carbonyl (C=O) groups is 4. The summed E-state index contributed by atoms with van der Waals surface area (Å²) < 4.78 is 6.92. The number of fused-ring (bicyclic) bond motifs is 1. The van der Waals surface area contributed by atoms with Crippen molar-refractivity contribution in [1.82, 2.24) is 14.8 Å². The minimum absolute atomic E-state index is 0.0417. The van der Waals surface area contributed by atoms with Gasteiger partial charge in [-0.05, 0) is 30.2 Å². The Labute approximate surface area is 177 Å². The molecular formula is C22H20N4O5. The predicted molar refractivity (Wildman–Crippen MR) is 111 cm³/mol. The maximum absolute atomic E-state index is 13.0. The SMILES string of the molecule is CCc1cccc2c(/C=C3\C(=O)NC(=O)N(Cc4ccco4)C3=O)cn(CC(N)=O)c12. The molecule has 0 unspecified atom stereocenters. The lowest BCUT2D eigenvalue weighted by Crippen LogP contribution is -2.53. The van der Waals surface area contributed by atoms with Crippen LogP contribution in [0.3, 0.4) is 0 Å². The van der Waals surface area contributed by atoms with Crippen LogP contribution in [-0.4, -0.2) is 33.2 Å². The smallest absolute Gasteiger partial charge is 0.331 e. The predicted octanol–water partition coefficient (Wildman–Crippen LogP) is 1.94. The second-order valence-corrected chi connectivity index (χ2v) is 7.13. The number of nitrogens with two attached hydrogens (primary N) is 1. The molecule has 3 heterocycles. The number of hydrogen-bond acceptors (Lipinski definition) is 5. The Morgan fingerprint density at radius 3 is 2.68 bits per heavy atom. The number of primary amides is 1. The van der Waals surface area contributed by atoms with Gasteiger partial charge in [-0.15, -0.1) is 0 Å². The highest BCUT2D eigenvalue weighted by atomic mass is 16.3. The normalized spacial score (nSPS) is 15.7. The zero-order valence-corrected chi connectivity index (χ0v) is 16.8. The second-order valence-electron chi connectivity index (χ2n) is 7.13. The zero-order chi connectivity index (χ0) is 22.1. The summed E-state index contributed by atoms with van der Waals surface area (Å²) in [5.41, 5.74) is 7.58. The van der Waals surface area contributed by atoms with Gasteiger partial charge in [-0.2, -0.15) is 0 Å². The summed E-state index contributed by atoms with van der Waals surface area (Å²) in [5, 5.41) is 2.96. The fourth-order valence-electron chi connectivity index (χ4n) is 3.71. The lowest BCUT2D eigenvalue weighted by atomic mass is 10.0. The van der Waals surface area contributed by atoms with Crippen molar-refractivity contribution >= 4 is 40.7 Å². The molecule has 0 spiro atoms. The number of furan rings is 1. The van der Waals surface area contributed by atoms with E-state index in [0.29, 0.717) is 11.3 Å². The Bertz CT molecular complexity index is 1240. The van der Waals surface area contributed by atoms with E-state index in [1.165, 1.54) is 12.3 Å². The fraction of sp³-hybridized carbons (Fsp3) is 0.182. The molecule has 0 atom stereocenters. The average Bonchev–Trinajstić information content (AvgIpc) is 3.36. The third-order valence-electron chi connectivity index (χ3n) is 5.10. The van der Waals surface area contributed by atoms with Gasteiger partial charge in [-0.1, -0.05) is 25.1 Å². The lowest BCUT2D eigenvalue weighted by molar-refractivity contribution is -0.130. The summed E-state index contributed by atoms with van der Waals surface area (Å²) in [5.74, 6) is -1.62. The largest absolute Gasteiger partial charge is 0.467 e. The van der Waals surface area contributed by atoms with Gasteiger partial charge in [0, 0.05) is 17.1 Å². The van der Waals surface area contributed by atoms with E-state index in [2.05, 4.69) is 5.32 Å². The van der Waals surface area contributed by atoms with Crippen LogP contribution in [0.15, 0.2) is 52.8 Å². The van der Waals surface area contributed by atoms with Crippen LogP contribution in [-0.2, 0) is 33.9 Å². The van der Waals surface area contributed by atoms with Crippen LogP contribution in [0.2, 0.25) is 0 Å². The Hall–Kier alpha value is -4.14.